The van der Waals surface area contributed by atoms with Crippen LogP contribution in [0.15, 0.2) is 24.3 Å². The van der Waals surface area contributed by atoms with Gasteiger partial charge in [-0.3, -0.25) is 14.5 Å². The summed E-state index contributed by atoms with van der Waals surface area (Å²) in [7, 11) is 0. The van der Waals surface area contributed by atoms with Crippen molar-refractivity contribution in [1.82, 2.24) is 10.2 Å². The highest BCUT2D eigenvalue weighted by Gasteiger charge is 2.29. The molecule has 1 N–H and O–H groups in total. The molecule has 3 rings (SSSR count). The van der Waals surface area contributed by atoms with Gasteiger partial charge in [0, 0.05) is 43.5 Å². The third-order valence-electron chi connectivity index (χ3n) is 6.32. The maximum absolute atomic E-state index is 12.7. The van der Waals surface area contributed by atoms with Crippen molar-refractivity contribution in [2.24, 2.45) is 5.92 Å². The fourth-order valence-corrected chi connectivity index (χ4v) is 4.27. The number of ketones is 1. The Morgan fingerprint density at radius 3 is 2.26 bits per heavy atom. The van der Waals surface area contributed by atoms with E-state index in [0.717, 1.165) is 43.9 Å². The second-order valence-corrected chi connectivity index (χ2v) is 8.18. The van der Waals surface area contributed by atoms with Crippen molar-refractivity contribution in [2.45, 2.75) is 58.5 Å². The van der Waals surface area contributed by atoms with Gasteiger partial charge in [0.15, 0.2) is 5.78 Å². The number of amides is 1. The SMILES string of the molecule is CC(=O)c1ccc(N2CCN([C@H](C)C(=O)N[C@H]3CCCC[C@@H]3C)CC2)cc1. The number of nitrogens with zero attached hydrogens (tertiary/aromatic N) is 2. The van der Waals surface area contributed by atoms with Gasteiger partial charge in [-0.15, -0.1) is 0 Å². The van der Waals surface area contributed by atoms with Crippen molar-refractivity contribution in [3.05, 3.63) is 29.8 Å². The summed E-state index contributed by atoms with van der Waals surface area (Å²) >= 11 is 0. The van der Waals surface area contributed by atoms with Crippen LogP contribution in [0.3, 0.4) is 0 Å². The summed E-state index contributed by atoms with van der Waals surface area (Å²) < 4.78 is 0. The summed E-state index contributed by atoms with van der Waals surface area (Å²) in [5.41, 5.74) is 1.90. The van der Waals surface area contributed by atoms with E-state index in [9.17, 15) is 9.59 Å². The van der Waals surface area contributed by atoms with Crippen LogP contribution in [0.2, 0.25) is 0 Å². The Balaban J connectivity index is 1.50. The molecular weight excluding hydrogens is 338 g/mol. The Kier molecular flexibility index (Phi) is 6.53. The molecule has 0 bridgehead atoms. The first-order valence-electron chi connectivity index (χ1n) is 10.4. The van der Waals surface area contributed by atoms with Crippen LogP contribution in [0.25, 0.3) is 0 Å². The molecule has 2 aliphatic rings. The number of carbonyl (C=O) groups is 2. The highest BCUT2D eigenvalue weighted by atomic mass is 16.2. The van der Waals surface area contributed by atoms with E-state index in [0.29, 0.717) is 12.0 Å². The first kappa shape index (κ1) is 19.9. The molecule has 148 valence electrons. The van der Waals surface area contributed by atoms with E-state index in [2.05, 4.69) is 22.0 Å². The number of Topliss-reactive ketones (excluding diaryl/α,β-unsaturated/α-hetero) is 1. The highest BCUT2D eigenvalue weighted by molar-refractivity contribution is 5.94. The molecular formula is C22H33N3O2. The molecule has 1 aromatic carbocycles. The summed E-state index contributed by atoms with van der Waals surface area (Å²) in [6.45, 7) is 9.43. The van der Waals surface area contributed by atoms with Crippen LogP contribution in [-0.4, -0.2) is 54.9 Å². The molecule has 5 nitrogen and oxygen atoms in total. The number of rotatable bonds is 5. The molecule has 27 heavy (non-hydrogen) atoms. The van der Waals surface area contributed by atoms with Gasteiger partial charge >= 0.3 is 0 Å². The first-order chi connectivity index (χ1) is 13.0. The van der Waals surface area contributed by atoms with Crippen LogP contribution in [0, 0.1) is 5.92 Å². The molecule has 0 radical (unpaired) electrons. The molecule has 1 saturated carbocycles. The molecule has 2 fully saturated rings. The van der Waals surface area contributed by atoms with E-state index in [-0.39, 0.29) is 17.7 Å². The second kappa shape index (κ2) is 8.87. The van der Waals surface area contributed by atoms with Crippen LogP contribution in [0.4, 0.5) is 5.69 Å². The summed E-state index contributed by atoms with van der Waals surface area (Å²) in [4.78, 5) is 28.7. The third kappa shape index (κ3) is 4.89. The van der Waals surface area contributed by atoms with Gasteiger partial charge in [0.25, 0.3) is 0 Å². The predicted octanol–water partition coefficient (Wildman–Crippen LogP) is 3.09. The minimum absolute atomic E-state index is 0.0821. The number of nitrogens with one attached hydrogen (secondary N) is 1. The Labute approximate surface area is 163 Å². The van der Waals surface area contributed by atoms with Crippen LogP contribution in [0.1, 0.15) is 56.8 Å². The van der Waals surface area contributed by atoms with Crippen molar-refractivity contribution in [1.29, 1.82) is 0 Å². The molecule has 1 aliphatic carbocycles. The Morgan fingerprint density at radius 1 is 1.04 bits per heavy atom. The largest absolute Gasteiger partial charge is 0.369 e. The summed E-state index contributed by atoms with van der Waals surface area (Å²) in [6, 6.07) is 8.09. The zero-order valence-electron chi connectivity index (χ0n) is 16.9. The average Bonchev–Trinajstić information content (AvgIpc) is 2.69. The lowest BCUT2D eigenvalue weighted by Crippen LogP contribution is -2.55. The summed E-state index contributed by atoms with van der Waals surface area (Å²) in [6.07, 6.45) is 4.85. The topological polar surface area (TPSA) is 52.7 Å². The summed E-state index contributed by atoms with van der Waals surface area (Å²) in [5, 5.41) is 3.30. The van der Waals surface area contributed by atoms with E-state index in [1.165, 1.54) is 19.3 Å². The lowest BCUT2D eigenvalue weighted by molar-refractivity contribution is -0.127. The normalized spacial score (nSPS) is 25.1. The highest BCUT2D eigenvalue weighted by Crippen LogP contribution is 2.24. The van der Waals surface area contributed by atoms with E-state index < -0.39 is 0 Å². The zero-order chi connectivity index (χ0) is 19.4. The average molecular weight is 372 g/mol. The quantitative estimate of drug-likeness (QED) is 0.808. The molecule has 0 unspecified atom stereocenters. The van der Waals surface area contributed by atoms with Crippen LogP contribution in [-0.2, 0) is 4.79 Å². The van der Waals surface area contributed by atoms with Gasteiger partial charge in [-0.2, -0.15) is 0 Å². The minimum Gasteiger partial charge on any atom is -0.369 e. The standard InChI is InChI=1S/C22H33N3O2/c1-16-6-4-5-7-21(16)23-22(27)17(2)24-12-14-25(15-13-24)20-10-8-19(9-11-20)18(3)26/h8-11,16-17,21H,4-7,12-15H2,1-3H3,(H,23,27)/t16-,17+,21-/m0/s1. The Morgan fingerprint density at radius 2 is 1.67 bits per heavy atom. The lowest BCUT2D eigenvalue weighted by Gasteiger charge is -2.39. The molecule has 0 aromatic heterocycles. The Hall–Kier alpha value is -1.88. The van der Waals surface area contributed by atoms with Crippen molar-refractivity contribution in [2.75, 3.05) is 31.1 Å². The van der Waals surface area contributed by atoms with Crippen molar-refractivity contribution in [3.8, 4) is 0 Å². The van der Waals surface area contributed by atoms with Crippen LogP contribution in [0.5, 0.6) is 0 Å². The van der Waals surface area contributed by atoms with Crippen molar-refractivity contribution < 1.29 is 9.59 Å². The van der Waals surface area contributed by atoms with E-state index in [1.807, 2.05) is 31.2 Å². The Bertz CT molecular complexity index is 650. The summed E-state index contributed by atoms with van der Waals surface area (Å²) in [5.74, 6) is 0.858. The molecule has 5 heteroatoms. The minimum atomic E-state index is -0.0821. The maximum Gasteiger partial charge on any atom is 0.237 e. The fraction of sp³-hybridized carbons (Fsp3) is 0.636. The third-order valence-corrected chi connectivity index (χ3v) is 6.32. The number of carbonyl (C=O) groups excluding carboxylic acids is 2. The number of anilines is 1. The van der Waals surface area contributed by atoms with Crippen molar-refractivity contribution >= 4 is 17.4 Å². The van der Waals surface area contributed by atoms with Crippen LogP contribution < -0.4 is 10.2 Å². The maximum atomic E-state index is 12.7. The zero-order valence-corrected chi connectivity index (χ0v) is 16.9. The predicted molar refractivity (Wildman–Crippen MR) is 109 cm³/mol. The van der Waals surface area contributed by atoms with Crippen LogP contribution >= 0.6 is 0 Å². The van der Waals surface area contributed by atoms with Gasteiger partial charge in [0.1, 0.15) is 0 Å². The van der Waals surface area contributed by atoms with Gasteiger partial charge in [0.2, 0.25) is 5.91 Å². The molecule has 0 spiro atoms. The number of benzene rings is 1. The smallest absolute Gasteiger partial charge is 0.237 e. The van der Waals surface area contributed by atoms with Gasteiger partial charge in [-0.25, -0.2) is 0 Å². The van der Waals surface area contributed by atoms with Gasteiger partial charge in [0.05, 0.1) is 6.04 Å². The molecule has 1 aliphatic heterocycles. The molecule has 1 aromatic rings. The second-order valence-electron chi connectivity index (χ2n) is 8.18. The molecule has 1 saturated heterocycles. The van der Waals surface area contributed by atoms with Crippen molar-refractivity contribution in [3.63, 3.8) is 0 Å². The molecule has 1 amide bonds. The van der Waals surface area contributed by atoms with Gasteiger partial charge in [-0.05, 0) is 56.9 Å². The van der Waals surface area contributed by atoms with E-state index in [1.54, 1.807) is 6.92 Å². The monoisotopic (exact) mass is 371 g/mol. The number of hydrogen-bond donors (Lipinski definition) is 1. The fourth-order valence-electron chi connectivity index (χ4n) is 4.27. The lowest BCUT2D eigenvalue weighted by atomic mass is 9.86. The van der Waals surface area contributed by atoms with E-state index in [4.69, 9.17) is 0 Å². The number of hydrogen-bond acceptors (Lipinski definition) is 4. The first-order valence-corrected chi connectivity index (χ1v) is 10.4. The van der Waals surface area contributed by atoms with Gasteiger partial charge < -0.3 is 10.2 Å². The van der Waals surface area contributed by atoms with Gasteiger partial charge in [-0.1, -0.05) is 19.8 Å². The molecule has 1 heterocycles. The molecule has 3 atom stereocenters. The number of piperazine rings is 1. The van der Waals surface area contributed by atoms with E-state index >= 15 is 0 Å².